The number of allylic oxidation sites excluding steroid dienone is 2. The summed E-state index contributed by atoms with van der Waals surface area (Å²) in [6, 6.07) is 8.11. The molecule has 156 valence electrons. The number of esters is 1. The minimum absolute atomic E-state index is 0.274. The first-order valence-electron chi connectivity index (χ1n) is 9.52. The number of rotatable bonds is 6. The van der Waals surface area contributed by atoms with E-state index in [1.807, 2.05) is 55.4 Å². The van der Waals surface area contributed by atoms with Crippen LogP contribution in [0.4, 0.5) is 10.8 Å². The van der Waals surface area contributed by atoms with Gasteiger partial charge in [0, 0.05) is 19.8 Å². The van der Waals surface area contributed by atoms with Crippen molar-refractivity contribution < 1.29 is 14.3 Å². The lowest BCUT2D eigenvalue weighted by Crippen LogP contribution is -2.21. The lowest BCUT2D eigenvalue weighted by molar-refractivity contribution is -0.114. The molecular weight excluding hydrogens is 400 g/mol. The maximum atomic E-state index is 12.8. The number of aryl methyl sites for hydroxylation is 1. The van der Waals surface area contributed by atoms with Gasteiger partial charge in [-0.1, -0.05) is 35.6 Å². The van der Waals surface area contributed by atoms with Crippen molar-refractivity contribution in [3.63, 3.8) is 0 Å². The van der Waals surface area contributed by atoms with Gasteiger partial charge in [-0.3, -0.25) is 4.79 Å². The Morgan fingerprint density at radius 1 is 1.23 bits per heavy atom. The van der Waals surface area contributed by atoms with Crippen LogP contribution in [-0.2, 0) is 9.53 Å². The second kappa shape index (κ2) is 9.04. The van der Waals surface area contributed by atoms with Gasteiger partial charge in [-0.05, 0) is 44.5 Å². The van der Waals surface area contributed by atoms with Crippen LogP contribution in [0.15, 0.2) is 47.1 Å². The highest BCUT2D eigenvalue weighted by Crippen LogP contribution is 2.31. The summed E-state index contributed by atoms with van der Waals surface area (Å²) in [7, 11) is 3.99. The quantitative estimate of drug-likeness (QED) is 0.516. The Kier molecular flexibility index (Phi) is 6.47. The van der Waals surface area contributed by atoms with Crippen molar-refractivity contribution in [3.05, 3.63) is 58.1 Å². The van der Waals surface area contributed by atoms with Crippen molar-refractivity contribution in [3.8, 4) is 0 Å². The molecule has 0 atom stereocenters. The molecular formula is C22H24N4O3S. The third kappa shape index (κ3) is 4.49. The Balaban J connectivity index is 1.77. The average molecular weight is 425 g/mol. The Labute approximate surface area is 180 Å². The number of thiazole rings is 1. The normalized spacial score (nSPS) is 15.2. The Morgan fingerprint density at radius 3 is 2.57 bits per heavy atom. The molecule has 1 aromatic carbocycles. The van der Waals surface area contributed by atoms with Gasteiger partial charge in [-0.25, -0.2) is 9.78 Å². The highest BCUT2D eigenvalue weighted by atomic mass is 32.1. The number of carbonyl (C=O) groups is 2. The molecule has 0 unspecified atom stereocenters. The molecule has 8 heteroatoms. The van der Waals surface area contributed by atoms with Gasteiger partial charge in [0.2, 0.25) is 5.13 Å². The third-order valence-corrected chi connectivity index (χ3v) is 5.56. The number of hydrogen-bond acceptors (Lipinski definition) is 7. The topological polar surface area (TPSA) is 75.1 Å². The van der Waals surface area contributed by atoms with E-state index in [-0.39, 0.29) is 12.5 Å². The number of carbonyl (C=O) groups excluding carboxylic acids is 2. The van der Waals surface area contributed by atoms with E-state index in [9.17, 15) is 9.59 Å². The molecule has 0 spiro atoms. The lowest BCUT2D eigenvalue weighted by atomic mass is 10.1. The number of ether oxygens (including phenoxy) is 1. The van der Waals surface area contributed by atoms with E-state index in [4.69, 9.17) is 4.74 Å². The number of nitrogens with zero attached hydrogens (tertiary/aromatic N) is 4. The van der Waals surface area contributed by atoms with Crippen LogP contribution in [0.3, 0.4) is 0 Å². The van der Waals surface area contributed by atoms with Gasteiger partial charge in [0.25, 0.3) is 5.91 Å². The predicted octanol–water partition coefficient (Wildman–Crippen LogP) is 4.06. The van der Waals surface area contributed by atoms with Crippen LogP contribution in [-0.4, -0.2) is 43.3 Å². The van der Waals surface area contributed by atoms with Gasteiger partial charge >= 0.3 is 5.97 Å². The summed E-state index contributed by atoms with van der Waals surface area (Å²) in [6.45, 7) is 5.51. The van der Waals surface area contributed by atoms with Crippen LogP contribution in [0.1, 0.15) is 34.8 Å². The zero-order valence-electron chi connectivity index (χ0n) is 17.7. The molecule has 1 aliphatic rings. The number of amides is 1. The second-order valence-electron chi connectivity index (χ2n) is 6.86. The van der Waals surface area contributed by atoms with Crippen molar-refractivity contribution in [1.82, 2.24) is 4.98 Å². The maximum Gasteiger partial charge on any atom is 0.350 e. The summed E-state index contributed by atoms with van der Waals surface area (Å²) < 4.78 is 5.04. The van der Waals surface area contributed by atoms with E-state index < -0.39 is 5.97 Å². The summed E-state index contributed by atoms with van der Waals surface area (Å²) in [5, 5.41) is 5.92. The zero-order chi connectivity index (χ0) is 21.8. The number of hydrazone groups is 1. The van der Waals surface area contributed by atoms with E-state index in [0.717, 1.165) is 22.6 Å². The van der Waals surface area contributed by atoms with Gasteiger partial charge in [-0.2, -0.15) is 10.1 Å². The molecule has 0 fully saturated rings. The molecule has 0 N–H and O–H groups in total. The molecule has 0 bridgehead atoms. The van der Waals surface area contributed by atoms with E-state index in [1.165, 1.54) is 5.01 Å². The van der Waals surface area contributed by atoms with Gasteiger partial charge in [0.15, 0.2) is 0 Å². The summed E-state index contributed by atoms with van der Waals surface area (Å²) in [5.74, 6) is -0.714. The van der Waals surface area contributed by atoms with Gasteiger partial charge in [-0.15, -0.1) is 0 Å². The SMILES string of the molecule is CCOC(=O)c1sc(N2N=C(C)C(=CC=Cc3ccc(N(C)C)cc3)C2=O)nc1C. The Bertz CT molecular complexity index is 1050. The van der Waals surface area contributed by atoms with Crippen LogP contribution in [0.25, 0.3) is 6.08 Å². The van der Waals surface area contributed by atoms with Gasteiger partial charge in [0.05, 0.1) is 23.6 Å². The third-order valence-electron chi connectivity index (χ3n) is 4.45. The molecule has 0 saturated carbocycles. The minimum atomic E-state index is -0.440. The van der Waals surface area contributed by atoms with Crippen LogP contribution >= 0.6 is 11.3 Å². The molecule has 30 heavy (non-hydrogen) atoms. The number of benzene rings is 1. The molecule has 0 radical (unpaired) electrons. The molecule has 3 rings (SSSR count). The molecule has 0 aliphatic carbocycles. The van der Waals surface area contributed by atoms with E-state index in [0.29, 0.717) is 27.0 Å². The highest BCUT2D eigenvalue weighted by Gasteiger charge is 2.31. The largest absolute Gasteiger partial charge is 0.462 e. The molecule has 1 aliphatic heterocycles. The zero-order valence-corrected chi connectivity index (χ0v) is 18.5. The van der Waals surface area contributed by atoms with Crippen molar-refractivity contribution >= 4 is 45.8 Å². The van der Waals surface area contributed by atoms with E-state index in [1.54, 1.807) is 26.8 Å². The minimum Gasteiger partial charge on any atom is -0.462 e. The van der Waals surface area contributed by atoms with Crippen LogP contribution in [0.2, 0.25) is 0 Å². The summed E-state index contributed by atoms with van der Waals surface area (Å²) in [6.07, 6.45) is 5.51. The van der Waals surface area contributed by atoms with Crippen molar-refractivity contribution in [2.45, 2.75) is 20.8 Å². The smallest absolute Gasteiger partial charge is 0.350 e. The van der Waals surface area contributed by atoms with Crippen molar-refractivity contribution in [1.29, 1.82) is 0 Å². The number of hydrogen-bond donors (Lipinski definition) is 0. The monoisotopic (exact) mass is 424 g/mol. The van der Waals surface area contributed by atoms with Crippen LogP contribution in [0.5, 0.6) is 0 Å². The predicted molar refractivity (Wildman–Crippen MR) is 121 cm³/mol. The standard InChI is InChI=1S/C22H24N4O3S/c1-6-29-21(28)19-15(3)23-22(30-19)26-20(27)18(14(2)24-26)9-7-8-16-10-12-17(13-11-16)25(4)5/h7-13H,6H2,1-5H3. The first kappa shape index (κ1) is 21.4. The summed E-state index contributed by atoms with van der Waals surface area (Å²) >= 11 is 1.10. The molecule has 1 aromatic heterocycles. The van der Waals surface area contributed by atoms with E-state index in [2.05, 4.69) is 10.1 Å². The molecule has 2 aromatic rings. The van der Waals surface area contributed by atoms with Crippen molar-refractivity contribution in [2.24, 2.45) is 5.10 Å². The summed E-state index contributed by atoms with van der Waals surface area (Å²) in [5.41, 5.74) is 3.76. The fourth-order valence-corrected chi connectivity index (χ4v) is 3.75. The van der Waals surface area contributed by atoms with Gasteiger partial charge in [0.1, 0.15) is 4.88 Å². The first-order chi connectivity index (χ1) is 14.3. The van der Waals surface area contributed by atoms with Gasteiger partial charge < -0.3 is 9.64 Å². The molecule has 1 amide bonds. The molecule has 0 saturated heterocycles. The Morgan fingerprint density at radius 2 is 1.93 bits per heavy atom. The highest BCUT2D eigenvalue weighted by molar-refractivity contribution is 7.17. The fourth-order valence-electron chi connectivity index (χ4n) is 2.84. The maximum absolute atomic E-state index is 12.8. The average Bonchev–Trinajstić information content (AvgIpc) is 3.23. The fraction of sp³-hybridized carbons (Fsp3) is 0.273. The summed E-state index contributed by atoms with van der Waals surface area (Å²) in [4.78, 5) is 31.6. The lowest BCUT2D eigenvalue weighted by Gasteiger charge is -2.11. The Hall–Kier alpha value is -3.26. The molecule has 7 nitrogen and oxygen atoms in total. The molecule has 2 heterocycles. The van der Waals surface area contributed by atoms with Crippen molar-refractivity contribution in [2.75, 3.05) is 30.6 Å². The van der Waals surface area contributed by atoms with Crippen LogP contribution < -0.4 is 9.91 Å². The first-order valence-corrected chi connectivity index (χ1v) is 10.3. The number of anilines is 2. The number of aromatic nitrogens is 1. The van der Waals surface area contributed by atoms with Crippen LogP contribution in [0, 0.1) is 6.92 Å². The second-order valence-corrected chi connectivity index (χ2v) is 7.84. The van der Waals surface area contributed by atoms with E-state index >= 15 is 0 Å².